The SMILES string of the molecule is CC1(C)SC(CCCN)(c2ccccc2)c2ccccc21.O=CO. The Morgan fingerprint density at radius 2 is 1.58 bits per heavy atom. The van der Waals surface area contributed by atoms with Gasteiger partial charge in [-0.3, -0.25) is 4.79 Å². The van der Waals surface area contributed by atoms with Gasteiger partial charge in [-0.1, -0.05) is 54.6 Å². The molecule has 2 aromatic carbocycles. The van der Waals surface area contributed by atoms with E-state index in [0.717, 1.165) is 19.4 Å². The Labute approximate surface area is 148 Å². The third-order valence-electron chi connectivity index (χ3n) is 4.41. The van der Waals surface area contributed by atoms with Gasteiger partial charge in [0.15, 0.2) is 0 Å². The molecule has 1 heterocycles. The molecule has 0 amide bonds. The van der Waals surface area contributed by atoms with E-state index in [-0.39, 0.29) is 16.0 Å². The standard InChI is InChI=1S/C19H23NS.CH2O2/c1-18(2)16-11-6-7-12-17(16)19(21-18,13-8-14-20)15-9-4-3-5-10-15;2-1-3/h3-7,9-12H,8,13-14,20H2,1-2H3;1H,(H,2,3). The summed E-state index contributed by atoms with van der Waals surface area (Å²) in [4.78, 5) is 8.36. The third kappa shape index (κ3) is 3.50. The first-order chi connectivity index (χ1) is 11.5. The first kappa shape index (κ1) is 18.6. The van der Waals surface area contributed by atoms with E-state index in [1.807, 2.05) is 0 Å². The Hall–Kier alpha value is -1.78. The number of nitrogens with two attached hydrogens (primary N) is 1. The van der Waals surface area contributed by atoms with Crippen LogP contribution >= 0.6 is 11.8 Å². The molecular formula is C20H25NO2S. The lowest BCUT2D eigenvalue weighted by Gasteiger charge is -2.32. The zero-order chi connectivity index (χ0) is 17.6. The third-order valence-corrected chi connectivity index (χ3v) is 6.15. The second kappa shape index (κ2) is 7.86. The molecule has 3 N–H and O–H groups in total. The Kier molecular flexibility index (Phi) is 6.08. The average Bonchev–Trinajstić information content (AvgIpc) is 2.83. The minimum absolute atomic E-state index is 0.0424. The van der Waals surface area contributed by atoms with Crippen LogP contribution in [0.4, 0.5) is 0 Å². The summed E-state index contributed by atoms with van der Waals surface area (Å²) in [5.41, 5.74) is 10.2. The van der Waals surface area contributed by atoms with Crippen LogP contribution in [0, 0.1) is 0 Å². The first-order valence-electron chi connectivity index (χ1n) is 8.15. The number of hydrogen-bond acceptors (Lipinski definition) is 3. The molecule has 2 aromatic rings. The maximum absolute atomic E-state index is 8.36. The van der Waals surface area contributed by atoms with Gasteiger partial charge in [-0.05, 0) is 49.9 Å². The Balaban J connectivity index is 0.000000647. The molecule has 0 radical (unpaired) electrons. The quantitative estimate of drug-likeness (QED) is 0.810. The highest BCUT2D eigenvalue weighted by atomic mass is 32.2. The van der Waals surface area contributed by atoms with Gasteiger partial charge in [0, 0.05) is 4.75 Å². The highest BCUT2D eigenvalue weighted by Gasteiger charge is 2.48. The van der Waals surface area contributed by atoms with Crippen LogP contribution in [-0.2, 0) is 14.3 Å². The van der Waals surface area contributed by atoms with E-state index in [1.165, 1.54) is 16.7 Å². The van der Waals surface area contributed by atoms with Gasteiger partial charge in [0.2, 0.25) is 0 Å². The van der Waals surface area contributed by atoms with E-state index in [1.54, 1.807) is 0 Å². The number of fused-ring (bicyclic) bond motifs is 1. The van der Waals surface area contributed by atoms with Gasteiger partial charge in [-0.25, -0.2) is 0 Å². The molecule has 3 nitrogen and oxygen atoms in total. The van der Waals surface area contributed by atoms with Crippen LogP contribution in [0.1, 0.15) is 43.4 Å². The molecule has 1 unspecified atom stereocenters. The van der Waals surface area contributed by atoms with Crippen molar-refractivity contribution in [3.63, 3.8) is 0 Å². The molecule has 0 saturated carbocycles. The molecule has 0 bridgehead atoms. The van der Waals surface area contributed by atoms with Crippen molar-refractivity contribution in [2.24, 2.45) is 5.73 Å². The summed E-state index contributed by atoms with van der Waals surface area (Å²) in [5, 5.41) is 6.89. The minimum atomic E-state index is -0.250. The fourth-order valence-electron chi connectivity index (χ4n) is 3.51. The summed E-state index contributed by atoms with van der Waals surface area (Å²) in [6, 6.07) is 19.8. The molecule has 128 valence electrons. The number of rotatable bonds is 4. The van der Waals surface area contributed by atoms with E-state index in [4.69, 9.17) is 15.6 Å². The summed E-state index contributed by atoms with van der Waals surface area (Å²) in [6.07, 6.45) is 2.14. The maximum atomic E-state index is 8.36. The number of benzene rings is 2. The predicted octanol–water partition coefficient (Wildman–Crippen LogP) is 4.35. The molecule has 3 rings (SSSR count). The molecule has 0 aliphatic carbocycles. The van der Waals surface area contributed by atoms with Gasteiger partial charge in [-0.2, -0.15) is 0 Å². The summed E-state index contributed by atoms with van der Waals surface area (Å²) in [6.45, 7) is 5.17. The number of carbonyl (C=O) groups is 1. The van der Waals surface area contributed by atoms with E-state index in [2.05, 4.69) is 80.2 Å². The smallest absolute Gasteiger partial charge is 0.290 e. The van der Waals surface area contributed by atoms with Crippen molar-refractivity contribution < 1.29 is 9.90 Å². The Bertz CT molecular complexity index is 672. The predicted molar refractivity (Wildman–Crippen MR) is 101 cm³/mol. The molecule has 4 heteroatoms. The zero-order valence-electron chi connectivity index (χ0n) is 14.2. The monoisotopic (exact) mass is 343 g/mol. The largest absolute Gasteiger partial charge is 0.483 e. The van der Waals surface area contributed by atoms with Crippen LogP contribution < -0.4 is 5.73 Å². The lowest BCUT2D eigenvalue weighted by molar-refractivity contribution is -0.122. The topological polar surface area (TPSA) is 63.3 Å². The molecule has 0 fully saturated rings. The number of carboxylic acid groups (broad SMARTS) is 1. The molecule has 1 atom stereocenters. The van der Waals surface area contributed by atoms with Crippen molar-refractivity contribution in [3.8, 4) is 0 Å². The lowest BCUT2D eigenvalue weighted by Crippen LogP contribution is -2.23. The molecule has 0 saturated heterocycles. The van der Waals surface area contributed by atoms with Crippen LogP contribution in [0.2, 0.25) is 0 Å². The molecule has 0 aromatic heterocycles. The van der Waals surface area contributed by atoms with Crippen LogP contribution in [0.25, 0.3) is 0 Å². The first-order valence-corrected chi connectivity index (χ1v) is 8.97. The fraction of sp³-hybridized carbons (Fsp3) is 0.350. The second-order valence-electron chi connectivity index (χ2n) is 6.35. The van der Waals surface area contributed by atoms with E-state index >= 15 is 0 Å². The van der Waals surface area contributed by atoms with Crippen LogP contribution in [0.5, 0.6) is 0 Å². The number of thioether (sulfide) groups is 1. The highest BCUT2D eigenvalue weighted by Crippen LogP contribution is 2.62. The second-order valence-corrected chi connectivity index (χ2v) is 8.27. The Morgan fingerprint density at radius 1 is 1.04 bits per heavy atom. The summed E-state index contributed by atoms with van der Waals surface area (Å²) in [5.74, 6) is 0. The fourth-order valence-corrected chi connectivity index (χ4v) is 5.46. The molecule has 24 heavy (non-hydrogen) atoms. The van der Waals surface area contributed by atoms with E-state index in [0.29, 0.717) is 0 Å². The van der Waals surface area contributed by atoms with Gasteiger partial charge in [-0.15, -0.1) is 11.8 Å². The van der Waals surface area contributed by atoms with Crippen molar-refractivity contribution in [1.82, 2.24) is 0 Å². The van der Waals surface area contributed by atoms with Gasteiger partial charge in [0.05, 0.1) is 4.75 Å². The van der Waals surface area contributed by atoms with Crippen molar-refractivity contribution in [2.45, 2.75) is 36.2 Å². The van der Waals surface area contributed by atoms with Crippen molar-refractivity contribution in [1.29, 1.82) is 0 Å². The zero-order valence-corrected chi connectivity index (χ0v) is 15.1. The average molecular weight is 343 g/mol. The molecular weight excluding hydrogens is 318 g/mol. The normalized spacial score (nSPS) is 20.6. The summed E-state index contributed by atoms with van der Waals surface area (Å²) >= 11 is 2.08. The highest BCUT2D eigenvalue weighted by molar-refractivity contribution is 8.01. The van der Waals surface area contributed by atoms with Crippen LogP contribution in [0.3, 0.4) is 0 Å². The van der Waals surface area contributed by atoms with Crippen LogP contribution in [0.15, 0.2) is 54.6 Å². The van der Waals surface area contributed by atoms with E-state index < -0.39 is 0 Å². The minimum Gasteiger partial charge on any atom is -0.483 e. The Morgan fingerprint density at radius 3 is 2.17 bits per heavy atom. The summed E-state index contributed by atoms with van der Waals surface area (Å²) in [7, 11) is 0. The van der Waals surface area contributed by atoms with Gasteiger partial charge in [0.25, 0.3) is 6.47 Å². The lowest BCUT2D eigenvalue weighted by atomic mass is 9.82. The number of hydrogen-bond donors (Lipinski definition) is 2. The van der Waals surface area contributed by atoms with Crippen LogP contribution in [-0.4, -0.2) is 18.1 Å². The van der Waals surface area contributed by atoms with Gasteiger partial charge < -0.3 is 10.8 Å². The molecule has 0 spiro atoms. The van der Waals surface area contributed by atoms with Crippen molar-refractivity contribution >= 4 is 18.2 Å². The summed E-state index contributed by atoms with van der Waals surface area (Å²) < 4.78 is 0.182. The van der Waals surface area contributed by atoms with Crippen molar-refractivity contribution in [2.75, 3.05) is 6.54 Å². The molecule has 1 aliphatic heterocycles. The van der Waals surface area contributed by atoms with E-state index in [9.17, 15) is 0 Å². The molecule has 1 aliphatic rings. The van der Waals surface area contributed by atoms with Gasteiger partial charge >= 0.3 is 0 Å². The van der Waals surface area contributed by atoms with Crippen molar-refractivity contribution in [3.05, 3.63) is 71.3 Å². The van der Waals surface area contributed by atoms with Gasteiger partial charge in [0.1, 0.15) is 0 Å². The maximum Gasteiger partial charge on any atom is 0.290 e.